The van der Waals surface area contributed by atoms with E-state index >= 15 is 0 Å². The zero-order chi connectivity index (χ0) is 24.6. The quantitative estimate of drug-likeness (QED) is 0.293. The van der Waals surface area contributed by atoms with Crippen LogP contribution >= 0.6 is 0 Å². The first kappa shape index (κ1) is 29.3. The van der Waals surface area contributed by atoms with Crippen molar-refractivity contribution in [2.75, 3.05) is 0 Å². The van der Waals surface area contributed by atoms with Crippen LogP contribution in [0.15, 0.2) is 106 Å². The molecule has 0 radical (unpaired) electrons. The number of sulfone groups is 1. The molecule has 4 aromatic carbocycles. The number of hydrogen-bond acceptors (Lipinski definition) is 7. The van der Waals surface area contributed by atoms with Gasteiger partial charge in [0.05, 0.1) is 9.79 Å². The van der Waals surface area contributed by atoms with Gasteiger partial charge in [-0.2, -0.15) is 8.42 Å². The van der Waals surface area contributed by atoms with Gasteiger partial charge >= 0.3 is 29.6 Å². The third-order valence-corrected chi connectivity index (χ3v) is 7.01. The van der Waals surface area contributed by atoms with Crippen LogP contribution in [0.3, 0.4) is 0 Å². The fourth-order valence-electron chi connectivity index (χ4n) is 2.80. The van der Waals surface area contributed by atoms with E-state index in [1.165, 1.54) is 54.6 Å². The van der Waals surface area contributed by atoms with Gasteiger partial charge in [-0.1, -0.05) is 48.5 Å². The molecule has 0 aromatic heterocycles. The van der Waals surface area contributed by atoms with E-state index in [4.69, 9.17) is 14.5 Å². The van der Waals surface area contributed by atoms with Gasteiger partial charge in [0.2, 0.25) is 9.84 Å². The SMILES string of the molecule is C=O.O=S(=O)(O)c1cccc2ccccc12.O=S(=O)(c1ccc([O-])cc1)c1ccc(O)cc1.[Na+]. The van der Waals surface area contributed by atoms with Crippen LogP contribution in [0.25, 0.3) is 10.8 Å². The molecule has 0 aliphatic rings. The molecule has 0 atom stereocenters. The maximum atomic E-state index is 12.1. The molecular formula is C23H19NaO8S2. The Kier molecular flexibility index (Phi) is 10.9. The molecule has 0 fully saturated rings. The molecule has 0 saturated heterocycles. The second-order valence-electron chi connectivity index (χ2n) is 6.42. The zero-order valence-corrected chi connectivity index (χ0v) is 21.7. The van der Waals surface area contributed by atoms with Crippen molar-refractivity contribution in [2.45, 2.75) is 14.7 Å². The Hall–Kier alpha value is -2.73. The van der Waals surface area contributed by atoms with Gasteiger partial charge in [-0.3, -0.25) is 4.55 Å². The number of aromatic hydroxyl groups is 1. The van der Waals surface area contributed by atoms with Gasteiger partial charge in [-0.25, -0.2) is 8.42 Å². The van der Waals surface area contributed by atoms with Gasteiger partial charge in [0.15, 0.2) is 0 Å². The Morgan fingerprint density at radius 2 is 1.15 bits per heavy atom. The van der Waals surface area contributed by atoms with Crippen molar-refractivity contribution in [3.63, 3.8) is 0 Å². The minimum absolute atomic E-state index is 0. The molecule has 0 saturated carbocycles. The van der Waals surface area contributed by atoms with Crippen molar-refractivity contribution in [1.29, 1.82) is 0 Å². The van der Waals surface area contributed by atoms with E-state index in [2.05, 4.69) is 0 Å². The summed E-state index contributed by atoms with van der Waals surface area (Å²) in [5.74, 6) is -0.242. The van der Waals surface area contributed by atoms with Crippen molar-refractivity contribution in [2.24, 2.45) is 0 Å². The van der Waals surface area contributed by atoms with Crippen LogP contribution in [0.2, 0.25) is 0 Å². The van der Waals surface area contributed by atoms with E-state index in [1.54, 1.807) is 30.3 Å². The Bertz CT molecular complexity index is 1380. The molecule has 172 valence electrons. The van der Waals surface area contributed by atoms with Gasteiger partial charge in [0, 0.05) is 5.39 Å². The summed E-state index contributed by atoms with van der Waals surface area (Å²) in [4.78, 5) is 8.09. The fraction of sp³-hybridized carbons (Fsp3) is 0. The number of fused-ring (bicyclic) bond motifs is 1. The van der Waals surface area contributed by atoms with Crippen molar-refractivity contribution in [3.8, 4) is 11.5 Å². The Morgan fingerprint density at radius 1 is 0.676 bits per heavy atom. The summed E-state index contributed by atoms with van der Waals surface area (Å²) in [6, 6.07) is 22.0. The second kappa shape index (κ2) is 12.7. The first-order valence-corrected chi connectivity index (χ1v) is 12.1. The molecule has 4 aromatic rings. The Labute approximate surface area is 219 Å². The molecule has 0 bridgehead atoms. The third kappa shape index (κ3) is 7.39. The van der Waals surface area contributed by atoms with Crippen molar-refractivity contribution < 1.29 is 66.0 Å². The first-order chi connectivity index (χ1) is 15.6. The number of rotatable bonds is 3. The normalized spacial score (nSPS) is 10.6. The molecular weight excluding hydrogens is 491 g/mol. The molecule has 0 aliphatic heterocycles. The van der Waals surface area contributed by atoms with Gasteiger partial charge in [0.25, 0.3) is 10.1 Å². The number of benzene rings is 4. The van der Waals surface area contributed by atoms with Gasteiger partial charge in [0.1, 0.15) is 17.4 Å². The summed E-state index contributed by atoms with van der Waals surface area (Å²) in [7, 11) is -7.75. The summed E-state index contributed by atoms with van der Waals surface area (Å²) >= 11 is 0. The van der Waals surface area contributed by atoms with Crippen LogP contribution in [0, 0.1) is 0 Å². The second-order valence-corrected chi connectivity index (χ2v) is 9.76. The van der Waals surface area contributed by atoms with E-state index in [1.807, 2.05) is 12.9 Å². The summed E-state index contributed by atoms with van der Waals surface area (Å²) in [5.41, 5.74) is 0. The van der Waals surface area contributed by atoms with Crippen molar-refractivity contribution in [3.05, 3.63) is 91.0 Å². The fourth-order valence-corrected chi connectivity index (χ4v) is 4.78. The number of phenolic OH excluding ortho intramolecular Hbond substituents is 1. The average molecular weight is 511 g/mol. The van der Waals surface area contributed by atoms with Crippen LogP contribution in [-0.4, -0.2) is 33.3 Å². The minimum Gasteiger partial charge on any atom is -0.872 e. The van der Waals surface area contributed by atoms with Gasteiger partial charge < -0.3 is 15.0 Å². The predicted molar refractivity (Wildman–Crippen MR) is 120 cm³/mol. The van der Waals surface area contributed by atoms with Gasteiger partial charge in [-0.05, 0) is 47.9 Å². The van der Waals surface area contributed by atoms with Gasteiger partial charge in [-0.15, -0.1) is 5.75 Å². The number of carbonyl (C=O) groups is 1. The summed E-state index contributed by atoms with van der Waals surface area (Å²) in [6.45, 7) is 2.00. The summed E-state index contributed by atoms with van der Waals surface area (Å²) in [5, 5.41) is 21.3. The Morgan fingerprint density at radius 3 is 1.68 bits per heavy atom. The van der Waals surface area contributed by atoms with Crippen LogP contribution in [0.4, 0.5) is 0 Å². The minimum atomic E-state index is -4.13. The van der Waals surface area contributed by atoms with Crippen LogP contribution in [0.1, 0.15) is 0 Å². The maximum Gasteiger partial charge on any atom is 1.00 e. The zero-order valence-electron chi connectivity index (χ0n) is 18.0. The molecule has 8 nitrogen and oxygen atoms in total. The van der Waals surface area contributed by atoms with Crippen LogP contribution in [-0.2, 0) is 24.7 Å². The molecule has 0 spiro atoms. The summed E-state index contributed by atoms with van der Waals surface area (Å²) < 4.78 is 55.1. The van der Waals surface area contributed by atoms with E-state index in [0.29, 0.717) is 5.39 Å². The monoisotopic (exact) mass is 510 g/mol. The molecule has 0 unspecified atom stereocenters. The number of carbonyl (C=O) groups excluding carboxylic acids is 1. The molecule has 11 heteroatoms. The molecule has 0 heterocycles. The van der Waals surface area contributed by atoms with Crippen LogP contribution in [0.5, 0.6) is 11.5 Å². The average Bonchev–Trinajstić information content (AvgIpc) is 2.80. The standard InChI is InChI=1S/C12H10O4S.C10H8O3S.CH2O.Na/c13-9-1-5-11(6-2-9)17(15,16)12-7-3-10(14)4-8-12;11-14(12,13)10-7-3-5-8-4-1-2-6-9(8)10;1-2;/h1-8,13-14H;1-7H,(H,11,12,13);1H2;/q;;;+1/p-1. The maximum absolute atomic E-state index is 12.1. The largest absolute Gasteiger partial charge is 1.00 e. The van der Waals surface area contributed by atoms with E-state index in [0.717, 1.165) is 5.39 Å². The molecule has 0 amide bonds. The molecule has 4 rings (SSSR count). The topological polar surface area (TPSA) is 149 Å². The van der Waals surface area contributed by atoms with E-state index in [-0.39, 0.29) is 55.7 Å². The van der Waals surface area contributed by atoms with Crippen LogP contribution < -0.4 is 34.7 Å². The molecule has 2 N–H and O–H groups in total. The van der Waals surface area contributed by atoms with Crippen molar-refractivity contribution in [1.82, 2.24) is 0 Å². The number of phenols is 1. The first-order valence-electron chi connectivity index (χ1n) is 9.14. The summed E-state index contributed by atoms with van der Waals surface area (Å²) in [6.07, 6.45) is 0. The molecule has 34 heavy (non-hydrogen) atoms. The third-order valence-electron chi connectivity index (χ3n) is 4.31. The van der Waals surface area contributed by atoms with E-state index in [9.17, 15) is 21.9 Å². The molecule has 0 aliphatic carbocycles. The Balaban J connectivity index is 0.000000313. The number of hydrogen-bond donors (Lipinski definition) is 2. The van der Waals surface area contributed by atoms with Crippen molar-refractivity contribution >= 4 is 37.5 Å². The smallest absolute Gasteiger partial charge is 0.872 e. The van der Waals surface area contributed by atoms with E-state index < -0.39 is 20.0 Å². The predicted octanol–water partition coefficient (Wildman–Crippen LogP) is 0.204.